The third kappa shape index (κ3) is 5.57. The molecule has 0 aliphatic rings. The number of hydrogen-bond donors (Lipinski definition) is 3. The van der Waals surface area contributed by atoms with Crippen molar-refractivity contribution in [1.82, 2.24) is 15.3 Å². The molecule has 0 radical (unpaired) electrons. The van der Waals surface area contributed by atoms with Crippen LogP contribution in [0.3, 0.4) is 0 Å². The zero-order valence-electron chi connectivity index (χ0n) is 10.7. The number of aromatic nitrogens is 2. The molecule has 98 valence electrons. The second kappa shape index (κ2) is 7.74. The summed E-state index contributed by atoms with van der Waals surface area (Å²) in [5.74, 6) is 1.07. The van der Waals surface area contributed by atoms with E-state index in [2.05, 4.69) is 29.1 Å². The Hall–Kier alpha value is -0.520. The SMILES string of the molecule is CCNC(C)(CO)CCCCSc1ncc[nH]1. The molecule has 1 aromatic heterocycles. The largest absolute Gasteiger partial charge is 0.394 e. The number of unbranched alkanes of at least 4 members (excludes halogenated alkanes) is 1. The van der Waals surface area contributed by atoms with E-state index in [-0.39, 0.29) is 12.1 Å². The highest BCUT2D eigenvalue weighted by Crippen LogP contribution is 2.17. The normalized spacial score (nSPS) is 14.8. The van der Waals surface area contributed by atoms with Gasteiger partial charge in [-0.05, 0) is 26.3 Å². The van der Waals surface area contributed by atoms with E-state index < -0.39 is 0 Å². The highest BCUT2D eigenvalue weighted by atomic mass is 32.2. The van der Waals surface area contributed by atoms with E-state index in [1.807, 2.05) is 6.20 Å². The maximum atomic E-state index is 9.34. The number of aromatic amines is 1. The Kier molecular flexibility index (Phi) is 6.62. The van der Waals surface area contributed by atoms with Gasteiger partial charge in [-0.3, -0.25) is 0 Å². The third-order valence-electron chi connectivity index (χ3n) is 2.79. The van der Waals surface area contributed by atoms with Crippen LogP contribution in [-0.4, -0.2) is 39.5 Å². The van der Waals surface area contributed by atoms with E-state index in [4.69, 9.17) is 0 Å². The van der Waals surface area contributed by atoms with Crippen LogP contribution in [0.5, 0.6) is 0 Å². The second-order valence-corrected chi connectivity index (χ2v) is 5.53. The Morgan fingerprint density at radius 2 is 2.35 bits per heavy atom. The van der Waals surface area contributed by atoms with Gasteiger partial charge in [-0.1, -0.05) is 25.1 Å². The molecule has 1 unspecified atom stereocenters. The van der Waals surface area contributed by atoms with Crippen LogP contribution < -0.4 is 5.32 Å². The average molecular weight is 257 g/mol. The summed E-state index contributed by atoms with van der Waals surface area (Å²) in [6, 6.07) is 0. The summed E-state index contributed by atoms with van der Waals surface area (Å²) >= 11 is 1.75. The van der Waals surface area contributed by atoms with E-state index in [1.165, 1.54) is 0 Å². The van der Waals surface area contributed by atoms with Gasteiger partial charge >= 0.3 is 0 Å². The molecule has 1 rings (SSSR count). The lowest BCUT2D eigenvalue weighted by atomic mass is 9.96. The predicted octanol–water partition coefficient (Wildman–Crippen LogP) is 2.03. The van der Waals surface area contributed by atoms with E-state index in [0.29, 0.717) is 0 Å². The molecule has 1 aromatic rings. The zero-order valence-corrected chi connectivity index (χ0v) is 11.5. The van der Waals surface area contributed by atoms with Crippen LogP contribution in [0.15, 0.2) is 17.6 Å². The van der Waals surface area contributed by atoms with Crippen molar-refractivity contribution in [3.63, 3.8) is 0 Å². The minimum atomic E-state index is -0.121. The van der Waals surface area contributed by atoms with E-state index in [0.717, 1.165) is 36.7 Å². The summed E-state index contributed by atoms with van der Waals surface area (Å²) in [6.07, 6.45) is 6.90. The van der Waals surface area contributed by atoms with Crippen molar-refractivity contribution in [2.24, 2.45) is 0 Å². The number of aliphatic hydroxyl groups is 1. The molecule has 0 aliphatic heterocycles. The first kappa shape index (κ1) is 14.5. The summed E-state index contributed by atoms with van der Waals surface area (Å²) in [6.45, 7) is 5.25. The minimum Gasteiger partial charge on any atom is -0.394 e. The lowest BCUT2D eigenvalue weighted by molar-refractivity contribution is 0.165. The number of hydrogen-bond acceptors (Lipinski definition) is 4. The van der Waals surface area contributed by atoms with Gasteiger partial charge < -0.3 is 15.4 Å². The minimum absolute atomic E-state index is 0.121. The van der Waals surface area contributed by atoms with Gasteiger partial charge in [-0.15, -0.1) is 0 Å². The van der Waals surface area contributed by atoms with Crippen LogP contribution in [0.2, 0.25) is 0 Å². The number of thioether (sulfide) groups is 1. The molecule has 0 spiro atoms. The first-order chi connectivity index (χ1) is 8.20. The number of nitrogens with one attached hydrogen (secondary N) is 2. The zero-order chi connectivity index (χ0) is 12.6. The molecule has 17 heavy (non-hydrogen) atoms. The molecule has 5 heteroatoms. The Bertz CT molecular complexity index is 292. The van der Waals surface area contributed by atoms with Gasteiger partial charge in [0.05, 0.1) is 6.61 Å². The standard InChI is InChI=1S/C12H23N3OS/c1-3-15-12(2,10-16)6-4-5-9-17-11-13-7-8-14-11/h7-8,15-16H,3-6,9-10H2,1-2H3,(H,13,14). The van der Waals surface area contributed by atoms with Gasteiger partial charge in [0.15, 0.2) is 5.16 Å². The molecule has 1 atom stereocenters. The van der Waals surface area contributed by atoms with Crippen molar-refractivity contribution in [1.29, 1.82) is 0 Å². The van der Waals surface area contributed by atoms with Crippen molar-refractivity contribution in [3.05, 3.63) is 12.4 Å². The van der Waals surface area contributed by atoms with Crippen molar-refractivity contribution in [3.8, 4) is 0 Å². The highest BCUT2D eigenvalue weighted by molar-refractivity contribution is 7.99. The fourth-order valence-corrected chi connectivity index (χ4v) is 2.59. The number of rotatable bonds is 9. The van der Waals surface area contributed by atoms with E-state index in [9.17, 15) is 5.11 Å². The Morgan fingerprint density at radius 1 is 1.53 bits per heavy atom. The maximum Gasteiger partial charge on any atom is 0.165 e. The molecule has 0 amide bonds. The summed E-state index contributed by atoms with van der Waals surface area (Å²) in [5, 5.41) is 13.7. The van der Waals surface area contributed by atoms with Crippen molar-refractivity contribution < 1.29 is 5.11 Å². The lowest BCUT2D eigenvalue weighted by Crippen LogP contribution is -2.45. The molecule has 1 heterocycles. The fraction of sp³-hybridized carbons (Fsp3) is 0.750. The Morgan fingerprint density at radius 3 is 2.94 bits per heavy atom. The fourth-order valence-electron chi connectivity index (χ4n) is 1.77. The molecule has 0 saturated carbocycles. The summed E-state index contributed by atoms with van der Waals surface area (Å²) < 4.78 is 0. The number of imidazole rings is 1. The molecule has 4 nitrogen and oxygen atoms in total. The number of aliphatic hydroxyl groups excluding tert-OH is 1. The monoisotopic (exact) mass is 257 g/mol. The van der Waals surface area contributed by atoms with Crippen LogP contribution in [0.1, 0.15) is 33.1 Å². The van der Waals surface area contributed by atoms with Crippen molar-refractivity contribution in [2.45, 2.75) is 43.8 Å². The summed E-state index contributed by atoms with van der Waals surface area (Å²) in [4.78, 5) is 7.24. The average Bonchev–Trinajstić information content (AvgIpc) is 2.82. The van der Waals surface area contributed by atoms with Gasteiger partial charge in [0.25, 0.3) is 0 Å². The van der Waals surface area contributed by atoms with Crippen LogP contribution in [-0.2, 0) is 0 Å². The third-order valence-corrected chi connectivity index (χ3v) is 3.78. The summed E-state index contributed by atoms with van der Waals surface area (Å²) in [5.41, 5.74) is -0.121. The van der Waals surface area contributed by atoms with Gasteiger partial charge in [0.2, 0.25) is 0 Å². The Balaban J connectivity index is 2.10. The van der Waals surface area contributed by atoms with E-state index in [1.54, 1.807) is 18.0 Å². The van der Waals surface area contributed by atoms with E-state index >= 15 is 0 Å². The number of likely N-dealkylation sites (N-methyl/N-ethyl adjacent to an activating group) is 1. The van der Waals surface area contributed by atoms with Gasteiger partial charge in [-0.25, -0.2) is 4.98 Å². The summed E-state index contributed by atoms with van der Waals surface area (Å²) in [7, 11) is 0. The topological polar surface area (TPSA) is 60.9 Å². The second-order valence-electron chi connectivity index (χ2n) is 4.45. The molecular weight excluding hydrogens is 234 g/mol. The molecule has 0 aromatic carbocycles. The molecule has 0 aliphatic carbocycles. The molecular formula is C12H23N3OS. The molecule has 0 fully saturated rings. The smallest absolute Gasteiger partial charge is 0.165 e. The first-order valence-corrected chi connectivity index (χ1v) is 7.17. The quantitative estimate of drug-likeness (QED) is 0.468. The lowest BCUT2D eigenvalue weighted by Gasteiger charge is -2.28. The van der Waals surface area contributed by atoms with Crippen molar-refractivity contribution in [2.75, 3.05) is 18.9 Å². The predicted molar refractivity (Wildman–Crippen MR) is 72.3 cm³/mol. The van der Waals surface area contributed by atoms with Crippen molar-refractivity contribution >= 4 is 11.8 Å². The Labute approximate surface area is 108 Å². The first-order valence-electron chi connectivity index (χ1n) is 6.18. The maximum absolute atomic E-state index is 9.34. The van der Waals surface area contributed by atoms with Gasteiger partial charge in [0.1, 0.15) is 0 Å². The molecule has 0 bridgehead atoms. The van der Waals surface area contributed by atoms with Gasteiger partial charge in [-0.2, -0.15) is 0 Å². The number of nitrogens with zero attached hydrogens (tertiary/aromatic N) is 1. The molecule has 3 N–H and O–H groups in total. The van der Waals surface area contributed by atoms with Crippen LogP contribution in [0.4, 0.5) is 0 Å². The highest BCUT2D eigenvalue weighted by Gasteiger charge is 2.20. The van der Waals surface area contributed by atoms with Crippen LogP contribution in [0, 0.1) is 0 Å². The molecule has 0 saturated heterocycles. The van der Waals surface area contributed by atoms with Crippen LogP contribution >= 0.6 is 11.8 Å². The van der Waals surface area contributed by atoms with Crippen LogP contribution in [0.25, 0.3) is 0 Å². The number of H-pyrrole nitrogens is 1. The van der Waals surface area contributed by atoms with Gasteiger partial charge in [0, 0.05) is 23.7 Å².